The molecule has 0 radical (unpaired) electrons. The predicted molar refractivity (Wildman–Crippen MR) is 83.0 cm³/mol. The van der Waals surface area contributed by atoms with Gasteiger partial charge in [0.05, 0.1) is 12.1 Å². The van der Waals surface area contributed by atoms with Gasteiger partial charge in [-0.05, 0) is 50.7 Å². The first-order valence-corrected chi connectivity index (χ1v) is 7.96. The van der Waals surface area contributed by atoms with E-state index in [2.05, 4.69) is 47.5 Å². The first-order valence-electron chi connectivity index (χ1n) is 7.96. The third-order valence-corrected chi connectivity index (χ3v) is 4.69. The number of benzene rings is 1. The zero-order valence-corrected chi connectivity index (χ0v) is 12.4. The Morgan fingerprint density at radius 1 is 1.20 bits per heavy atom. The Kier molecular flexibility index (Phi) is 3.99. The highest BCUT2D eigenvalue weighted by atomic mass is 16.3. The van der Waals surface area contributed by atoms with Crippen LogP contribution in [-0.2, 0) is 0 Å². The van der Waals surface area contributed by atoms with Gasteiger partial charge in [-0.3, -0.25) is 0 Å². The minimum atomic E-state index is -0.104. The number of rotatable bonds is 8. The van der Waals surface area contributed by atoms with E-state index in [1.54, 1.807) is 0 Å². The maximum Gasteiger partial charge on any atom is 0.0633 e. The summed E-state index contributed by atoms with van der Waals surface area (Å²) in [5.41, 5.74) is 1.15. The van der Waals surface area contributed by atoms with E-state index in [1.807, 2.05) is 0 Å². The molecule has 2 saturated carbocycles. The molecule has 2 N–H and O–H groups in total. The van der Waals surface area contributed by atoms with Crippen molar-refractivity contribution in [3.05, 3.63) is 30.3 Å². The number of aliphatic hydroxyl groups excluding tert-OH is 1. The van der Waals surface area contributed by atoms with Crippen molar-refractivity contribution in [3.63, 3.8) is 0 Å². The van der Waals surface area contributed by atoms with Crippen LogP contribution in [0.3, 0.4) is 0 Å². The number of hydrogen-bond acceptors (Lipinski definition) is 3. The van der Waals surface area contributed by atoms with Crippen molar-refractivity contribution >= 4 is 5.69 Å². The van der Waals surface area contributed by atoms with Gasteiger partial charge in [0.15, 0.2) is 0 Å². The van der Waals surface area contributed by atoms with Gasteiger partial charge in [0.1, 0.15) is 0 Å². The molecule has 0 amide bonds. The molecule has 3 rings (SSSR count). The van der Waals surface area contributed by atoms with Crippen LogP contribution in [0.4, 0.5) is 5.69 Å². The van der Waals surface area contributed by atoms with Gasteiger partial charge in [0.2, 0.25) is 0 Å². The molecule has 2 fully saturated rings. The second-order valence-corrected chi connectivity index (χ2v) is 6.36. The van der Waals surface area contributed by atoms with E-state index in [4.69, 9.17) is 0 Å². The van der Waals surface area contributed by atoms with E-state index in [0.29, 0.717) is 12.0 Å². The molecule has 3 nitrogen and oxygen atoms in total. The quantitative estimate of drug-likeness (QED) is 0.764. The molecule has 2 aliphatic carbocycles. The summed E-state index contributed by atoms with van der Waals surface area (Å²) in [5.74, 6) is 0.644. The molecule has 2 aliphatic rings. The van der Waals surface area contributed by atoms with Gasteiger partial charge in [0, 0.05) is 24.8 Å². The molecule has 20 heavy (non-hydrogen) atoms. The Morgan fingerprint density at radius 2 is 1.90 bits per heavy atom. The number of anilines is 1. The summed E-state index contributed by atoms with van der Waals surface area (Å²) < 4.78 is 0. The summed E-state index contributed by atoms with van der Waals surface area (Å²) in [7, 11) is 0. The maximum atomic E-state index is 10.1. The van der Waals surface area contributed by atoms with Gasteiger partial charge in [-0.25, -0.2) is 0 Å². The van der Waals surface area contributed by atoms with Crippen molar-refractivity contribution in [1.29, 1.82) is 0 Å². The van der Waals surface area contributed by atoms with Crippen LogP contribution in [0.25, 0.3) is 0 Å². The van der Waals surface area contributed by atoms with Crippen LogP contribution in [0.2, 0.25) is 0 Å². The molecule has 1 unspecified atom stereocenters. The lowest BCUT2D eigenvalue weighted by molar-refractivity contribution is 0.142. The second kappa shape index (κ2) is 5.74. The molecule has 0 bridgehead atoms. The van der Waals surface area contributed by atoms with Crippen molar-refractivity contribution < 1.29 is 5.11 Å². The summed E-state index contributed by atoms with van der Waals surface area (Å²) in [5, 5.41) is 13.8. The summed E-state index contributed by atoms with van der Waals surface area (Å²) >= 11 is 0. The lowest BCUT2D eigenvalue weighted by Gasteiger charge is -2.39. The summed E-state index contributed by atoms with van der Waals surface area (Å²) in [6.07, 6.45) is 5.05. The van der Waals surface area contributed by atoms with Crippen LogP contribution in [0.5, 0.6) is 0 Å². The molecular weight excluding hydrogens is 248 g/mol. The van der Waals surface area contributed by atoms with Crippen molar-refractivity contribution in [2.24, 2.45) is 5.92 Å². The summed E-state index contributed by atoms with van der Waals surface area (Å²) in [4.78, 5) is 2.39. The maximum absolute atomic E-state index is 10.1. The van der Waals surface area contributed by atoms with Crippen LogP contribution in [-0.4, -0.2) is 36.4 Å². The zero-order chi connectivity index (χ0) is 14.0. The van der Waals surface area contributed by atoms with Crippen molar-refractivity contribution in [1.82, 2.24) is 5.32 Å². The van der Waals surface area contributed by atoms with Crippen LogP contribution < -0.4 is 10.2 Å². The average molecular weight is 274 g/mol. The molecule has 1 aromatic rings. The van der Waals surface area contributed by atoms with Crippen molar-refractivity contribution in [2.45, 2.75) is 44.2 Å². The topological polar surface area (TPSA) is 35.5 Å². The molecule has 0 saturated heterocycles. The second-order valence-electron chi connectivity index (χ2n) is 6.36. The monoisotopic (exact) mass is 274 g/mol. The van der Waals surface area contributed by atoms with Crippen molar-refractivity contribution in [3.8, 4) is 0 Å². The van der Waals surface area contributed by atoms with E-state index in [9.17, 15) is 5.11 Å². The molecule has 0 spiro atoms. The minimum absolute atomic E-state index is 0.104. The highest BCUT2D eigenvalue weighted by molar-refractivity contribution is 5.46. The molecule has 3 heteroatoms. The number of nitrogens with zero attached hydrogens (tertiary/aromatic N) is 1. The fraction of sp³-hybridized carbons (Fsp3) is 0.647. The third kappa shape index (κ3) is 2.99. The SMILES string of the molecule is CCN(CC(CO)(NC1CC1)C1CC1)c1ccccc1. The van der Waals surface area contributed by atoms with Crippen LogP contribution in [0.15, 0.2) is 30.3 Å². The van der Waals surface area contributed by atoms with Gasteiger partial charge >= 0.3 is 0 Å². The molecule has 0 heterocycles. The van der Waals surface area contributed by atoms with Gasteiger partial charge in [-0.2, -0.15) is 0 Å². The molecule has 0 aliphatic heterocycles. The average Bonchev–Trinajstić information content (AvgIpc) is 3.38. The Hall–Kier alpha value is -1.06. The predicted octanol–water partition coefficient (Wildman–Crippen LogP) is 2.41. The number of para-hydroxylation sites is 1. The first-order chi connectivity index (χ1) is 9.77. The fourth-order valence-electron chi connectivity index (χ4n) is 3.15. The molecule has 1 aromatic carbocycles. The molecular formula is C17H26N2O. The van der Waals surface area contributed by atoms with Crippen LogP contribution in [0.1, 0.15) is 32.6 Å². The molecule has 1 atom stereocenters. The van der Waals surface area contributed by atoms with Gasteiger partial charge in [-0.15, -0.1) is 0 Å². The molecule has 110 valence electrons. The first kappa shape index (κ1) is 13.9. The smallest absolute Gasteiger partial charge is 0.0633 e. The lowest BCUT2D eigenvalue weighted by atomic mass is 9.92. The zero-order valence-electron chi connectivity index (χ0n) is 12.4. The van der Waals surface area contributed by atoms with Crippen molar-refractivity contribution in [2.75, 3.05) is 24.6 Å². The highest BCUT2D eigenvalue weighted by Gasteiger charge is 2.48. The fourth-order valence-corrected chi connectivity index (χ4v) is 3.15. The number of aliphatic hydroxyl groups is 1. The van der Waals surface area contributed by atoms with E-state index in [-0.39, 0.29) is 12.1 Å². The van der Waals surface area contributed by atoms with Gasteiger partial charge < -0.3 is 15.3 Å². The number of nitrogens with one attached hydrogen (secondary N) is 1. The lowest BCUT2D eigenvalue weighted by Crippen LogP contribution is -2.59. The Balaban J connectivity index is 1.76. The molecule has 0 aromatic heterocycles. The normalized spacial score (nSPS) is 21.5. The Morgan fingerprint density at radius 3 is 2.40 bits per heavy atom. The summed E-state index contributed by atoms with van der Waals surface area (Å²) in [6.45, 7) is 4.33. The van der Waals surface area contributed by atoms with Gasteiger partial charge in [-0.1, -0.05) is 18.2 Å². The summed E-state index contributed by atoms with van der Waals surface area (Å²) in [6, 6.07) is 11.2. The Bertz CT molecular complexity index is 428. The minimum Gasteiger partial charge on any atom is -0.394 e. The number of hydrogen-bond donors (Lipinski definition) is 2. The van der Waals surface area contributed by atoms with Crippen LogP contribution in [0, 0.1) is 5.92 Å². The van der Waals surface area contributed by atoms with Crippen LogP contribution >= 0.6 is 0 Å². The standard InChI is InChI=1S/C17H26N2O/c1-2-19(16-6-4-3-5-7-16)12-17(13-20,14-8-9-14)18-15-10-11-15/h3-7,14-15,18,20H,2,8-13H2,1H3. The van der Waals surface area contributed by atoms with E-state index < -0.39 is 0 Å². The van der Waals surface area contributed by atoms with E-state index in [0.717, 1.165) is 13.1 Å². The largest absolute Gasteiger partial charge is 0.394 e. The van der Waals surface area contributed by atoms with E-state index in [1.165, 1.54) is 31.4 Å². The third-order valence-electron chi connectivity index (χ3n) is 4.69. The number of likely N-dealkylation sites (N-methyl/N-ethyl adjacent to an activating group) is 1. The Labute approximate surface area is 122 Å². The highest BCUT2D eigenvalue weighted by Crippen LogP contribution is 2.42. The van der Waals surface area contributed by atoms with Gasteiger partial charge in [0.25, 0.3) is 0 Å². The van der Waals surface area contributed by atoms with E-state index >= 15 is 0 Å².